The van der Waals surface area contributed by atoms with E-state index in [1.807, 2.05) is 43.3 Å². The van der Waals surface area contributed by atoms with E-state index >= 15 is 0 Å². The summed E-state index contributed by atoms with van der Waals surface area (Å²) in [5, 5.41) is 0. The number of Topliss-reactive ketones (excluding diaryl/α,β-unsaturated/α-hetero) is 1. The molecule has 2 aromatic carbocycles. The minimum atomic E-state index is 0.0146. The average molecular weight is 268 g/mol. The van der Waals surface area contributed by atoms with Crippen LogP contribution in [0.3, 0.4) is 0 Å². The standard InChI is InChI=1S/C18H20O2/c1-3-6-15-9-11-16(12-10-15)20-13-18(19)17-8-5-4-7-14(17)2/h4-5,7-12H,3,6,13H2,1-2H3. The number of ketones is 1. The van der Waals surface area contributed by atoms with Crippen LogP contribution >= 0.6 is 0 Å². The van der Waals surface area contributed by atoms with Gasteiger partial charge in [0.05, 0.1) is 0 Å². The van der Waals surface area contributed by atoms with E-state index in [1.54, 1.807) is 0 Å². The van der Waals surface area contributed by atoms with E-state index in [-0.39, 0.29) is 12.4 Å². The zero-order chi connectivity index (χ0) is 14.4. The fourth-order valence-electron chi connectivity index (χ4n) is 2.15. The molecular weight excluding hydrogens is 248 g/mol. The van der Waals surface area contributed by atoms with E-state index in [2.05, 4.69) is 19.1 Å². The summed E-state index contributed by atoms with van der Waals surface area (Å²) in [7, 11) is 0. The number of aryl methyl sites for hydroxylation is 2. The number of rotatable bonds is 6. The molecule has 20 heavy (non-hydrogen) atoms. The number of carbonyl (C=O) groups excluding carboxylic acids is 1. The molecule has 0 fully saturated rings. The monoisotopic (exact) mass is 268 g/mol. The molecule has 0 radical (unpaired) electrons. The fourth-order valence-corrected chi connectivity index (χ4v) is 2.15. The Hall–Kier alpha value is -2.09. The Morgan fingerprint density at radius 3 is 2.40 bits per heavy atom. The Morgan fingerprint density at radius 1 is 1.05 bits per heavy atom. The van der Waals surface area contributed by atoms with Crippen molar-refractivity contribution in [2.24, 2.45) is 0 Å². The first-order chi connectivity index (χ1) is 9.70. The van der Waals surface area contributed by atoms with Crippen LogP contribution in [0.5, 0.6) is 5.75 Å². The first-order valence-corrected chi connectivity index (χ1v) is 7.01. The molecule has 0 amide bonds. The van der Waals surface area contributed by atoms with Crippen LogP contribution in [0.15, 0.2) is 48.5 Å². The third-order valence-corrected chi connectivity index (χ3v) is 3.28. The lowest BCUT2D eigenvalue weighted by atomic mass is 10.1. The molecule has 2 aromatic rings. The first kappa shape index (κ1) is 14.3. The quantitative estimate of drug-likeness (QED) is 0.734. The Kier molecular flexibility index (Phi) is 4.94. The molecule has 104 valence electrons. The van der Waals surface area contributed by atoms with Crippen LogP contribution in [0.1, 0.15) is 34.8 Å². The SMILES string of the molecule is CCCc1ccc(OCC(=O)c2ccccc2C)cc1. The predicted octanol–water partition coefficient (Wildman–Crippen LogP) is 4.21. The van der Waals surface area contributed by atoms with Crippen molar-refractivity contribution in [3.63, 3.8) is 0 Å². The molecule has 0 aliphatic rings. The normalized spacial score (nSPS) is 10.3. The summed E-state index contributed by atoms with van der Waals surface area (Å²) in [5.74, 6) is 0.757. The maximum absolute atomic E-state index is 12.1. The van der Waals surface area contributed by atoms with E-state index in [0.29, 0.717) is 0 Å². The molecule has 0 unspecified atom stereocenters. The van der Waals surface area contributed by atoms with E-state index < -0.39 is 0 Å². The highest BCUT2D eigenvalue weighted by Gasteiger charge is 2.09. The molecule has 0 spiro atoms. The van der Waals surface area contributed by atoms with Crippen LogP contribution in [-0.4, -0.2) is 12.4 Å². The van der Waals surface area contributed by atoms with Gasteiger partial charge in [0.15, 0.2) is 12.4 Å². The Labute approximate surface area is 120 Å². The second kappa shape index (κ2) is 6.90. The molecule has 0 aliphatic heterocycles. The zero-order valence-corrected chi connectivity index (χ0v) is 12.1. The molecule has 0 saturated heterocycles. The van der Waals surface area contributed by atoms with E-state index in [4.69, 9.17) is 4.74 Å². The molecule has 0 heterocycles. The van der Waals surface area contributed by atoms with Crippen LogP contribution in [0.2, 0.25) is 0 Å². The summed E-state index contributed by atoms with van der Waals surface area (Å²) in [6.07, 6.45) is 2.20. The molecule has 2 nitrogen and oxygen atoms in total. The molecule has 0 atom stereocenters. The van der Waals surface area contributed by atoms with Crippen molar-refractivity contribution < 1.29 is 9.53 Å². The van der Waals surface area contributed by atoms with E-state index in [1.165, 1.54) is 5.56 Å². The number of ether oxygens (including phenoxy) is 1. The maximum atomic E-state index is 12.1. The molecular formula is C18H20O2. The third kappa shape index (κ3) is 3.70. The van der Waals surface area contributed by atoms with Gasteiger partial charge in [0, 0.05) is 5.56 Å². The highest BCUT2D eigenvalue weighted by molar-refractivity contribution is 5.98. The van der Waals surface area contributed by atoms with Gasteiger partial charge in [-0.05, 0) is 36.6 Å². The summed E-state index contributed by atoms with van der Waals surface area (Å²) in [4.78, 5) is 12.1. The molecule has 2 heteroatoms. The van der Waals surface area contributed by atoms with Gasteiger partial charge in [-0.25, -0.2) is 0 Å². The van der Waals surface area contributed by atoms with Crippen LogP contribution in [0, 0.1) is 6.92 Å². The van der Waals surface area contributed by atoms with Crippen LogP contribution < -0.4 is 4.74 Å². The topological polar surface area (TPSA) is 26.3 Å². The molecule has 0 bridgehead atoms. The van der Waals surface area contributed by atoms with Crippen molar-refractivity contribution in [1.82, 2.24) is 0 Å². The smallest absolute Gasteiger partial charge is 0.200 e. The fraction of sp³-hybridized carbons (Fsp3) is 0.278. The summed E-state index contributed by atoms with van der Waals surface area (Å²) in [5.41, 5.74) is 3.01. The van der Waals surface area contributed by atoms with Gasteiger partial charge >= 0.3 is 0 Å². The highest BCUT2D eigenvalue weighted by atomic mass is 16.5. The van der Waals surface area contributed by atoms with Gasteiger partial charge in [-0.1, -0.05) is 49.7 Å². The number of benzene rings is 2. The second-order valence-electron chi connectivity index (χ2n) is 4.92. The van der Waals surface area contributed by atoms with Crippen LogP contribution in [0.25, 0.3) is 0 Å². The molecule has 0 aromatic heterocycles. The molecule has 0 aliphatic carbocycles. The number of hydrogen-bond donors (Lipinski definition) is 0. The van der Waals surface area contributed by atoms with E-state index in [0.717, 1.165) is 29.7 Å². The lowest BCUT2D eigenvalue weighted by Crippen LogP contribution is -2.12. The van der Waals surface area contributed by atoms with Crippen LogP contribution in [0.4, 0.5) is 0 Å². The maximum Gasteiger partial charge on any atom is 0.200 e. The van der Waals surface area contributed by atoms with Gasteiger partial charge in [0.25, 0.3) is 0 Å². The Morgan fingerprint density at radius 2 is 1.75 bits per heavy atom. The van der Waals surface area contributed by atoms with Crippen molar-refractivity contribution in [2.45, 2.75) is 26.7 Å². The molecule has 2 rings (SSSR count). The predicted molar refractivity (Wildman–Crippen MR) is 81.4 cm³/mol. The van der Waals surface area contributed by atoms with Gasteiger partial charge in [-0.15, -0.1) is 0 Å². The Bertz CT molecular complexity index is 570. The van der Waals surface area contributed by atoms with Gasteiger partial charge in [-0.3, -0.25) is 4.79 Å². The Balaban J connectivity index is 1.95. The lowest BCUT2D eigenvalue weighted by molar-refractivity contribution is 0.0921. The van der Waals surface area contributed by atoms with Gasteiger partial charge in [-0.2, -0.15) is 0 Å². The summed E-state index contributed by atoms with van der Waals surface area (Å²) < 4.78 is 5.56. The van der Waals surface area contributed by atoms with Gasteiger partial charge in [0.1, 0.15) is 5.75 Å². The average Bonchev–Trinajstić information content (AvgIpc) is 2.47. The van der Waals surface area contributed by atoms with Gasteiger partial charge < -0.3 is 4.74 Å². The summed E-state index contributed by atoms with van der Waals surface area (Å²) in [6, 6.07) is 15.5. The summed E-state index contributed by atoms with van der Waals surface area (Å²) in [6.45, 7) is 4.18. The summed E-state index contributed by atoms with van der Waals surface area (Å²) >= 11 is 0. The van der Waals surface area contributed by atoms with Crippen LogP contribution in [-0.2, 0) is 6.42 Å². The lowest BCUT2D eigenvalue weighted by Gasteiger charge is -2.08. The minimum Gasteiger partial charge on any atom is -0.485 e. The van der Waals surface area contributed by atoms with Crippen molar-refractivity contribution in [2.75, 3.05) is 6.61 Å². The highest BCUT2D eigenvalue weighted by Crippen LogP contribution is 2.14. The molecule has 0 saturated carbocycles. The van der Waals surface area contributed by atoms with Crippen molar-refractivity contribution >= 4 is 5.78 Å². The molecule has 0 N–H and O–H groups in total. The largest absolute Gasteiger partial charge is 0.485 e. The van der Waals surface area contributed by atoms with E-state index in [9.17, 15) is 4.79 Å². The van der Waals surface area contributed by atoms with Crippen molar-refractivity contribution in [1.29, 1.82) is 0 Å². The minimum absolute atomic E-state index is 0.0146. The number of hydrogen-bond acceptors (Lipinski definition) is 2. The van der Waals surface area contributed by atoms with Crippen molar-refractivity contribution in [3.05, 3.63) is 65.2 Å². The second-order valence-corrected chi connectivity index (χ2v) is 4.92. The third-order valence-electron chi connectivity index (χ3n) is 3.28. The number of carbonyl (C=O) groups is 1. The van der Waals surface area contributed by atoms with Crippen molar-refractivity contribution in [3.8, 4) is 5.75 Å². The van der Waals surface area contributed by atoms with Gasteiger partial charge in [0.2, 0.25) is 0 Å². The first-order valence-electron chi connectivity index (χ1n) is 7.01. The zero-order valence-electron chi connectivity index (χ0n) is 12.1.